The van der Waals surface area contributed by atoms with E-state index in [1.807, 2.05) is 12.3 Å². The molecule has 7 nitrogen and oxygen atoms in total. The lowest BCUT2D eigenvalue weighted by molar-refractivity contribution is 0.680. The number of halogens is 4. The molecular formula is C16H14Br2Cl2N6OS2. The van der Waals surface area contributed by atoms with Crippen LogP contribution in [0.4, 0.5) is 0 Å². The molecule has 0 aromatic carbocycles. The third-order valence-electron chi connectivity index (χ3n) is 2.95. The standard InChI is InChI=1S/C8H7BrClN3OS.C8H7BrClN3S/c1-15(14,13-5-11)4-6-2-7(9)8(10)12-3-6;1-14(13-5-11)4-6-2-7(9)8(10)12-3-6/h2-3H,4H2,1H3;2-3H,4H2,1H3. The van der Waals surface area contributed by atoms with E-state index in [-0.39, 0.29) is 16.4 Å². The zero-order valence-electron chi connectivity index (χ0n) is 15.1. The molecule has 0 spiro atoms. The number of aromatic nitrogens is 2. The van der Waals surface area contributed by atoms with Crippen LogP contribution in [0.2, 0.25) is 10.3 Å². The summed E-state index contributed by atoms with van der Waals surface area (Å²) < 4.78 is 20.2. The summed E-state index contributed by atoms with van der Waals surface area (Å²) in [7, 11) is -2.78. The van der Waals surface area contributed by atoms with Crippen molar-refractivity contribution in [1.29, 1.82) is 10.5 Å². The Balaban J connectivity index is 0.000000291. The van der Waals surface area contributed by atoms with Gasteiger partial charge in [0.1, 0.15) is 10.3 Å². The Morgan fingerprint density at radius 2 is 1.62 bits per heavy atom. The van der Waals surface area contributed by atoms with Gasteiger partial charge in [-0.25, -0.2) is 14.2 Å². The molecule has 2 rings (SSSR count). The van der Waals surface area contributed by atoms with Gasteiger partial charge in [0.15, 0.2) is 0 Å². The van der Waals surface area contributed by atoms with Crippen LogP contribution in [0.5, 0.6) is 0 Å². The second kappa shape index (κ2) is 12.6. The van der Waals surface area contributed by atoms with Crippen LogP contribution in [0.15, 0.2) is 42.2 Å². The lowest BCUT2D eigenvalue weighted by Crippen LogP contribution is -2.01. The molecule has 0 N–H and O–H groups in total. The number of hydrogen-bond donors (Lipinski definition) is 0. The van der Waals surface area contributed by atoms with Crippen molar-refractivity contribution in [3.05, 3.63) is 54.9 Å². The van der Waals surface area contributed by atoms with E-state index < -0.39 is 9.73 Å². The Bertz CT molecular complexity index is 1120. The van der Waals surface area contributed by atoms with Crippen molar-refractivity contribution in [2.45, 2.75) is 11.5 Å². The van der Waals surface area contributed by atoms with E-state index in [1.165, 1.54) is 12.5 Å². The van der Waals surface area contributed by atoms with Gasteiger partial charge < -0.3 is 0 Å². The summed E-state index contributed by atoms with van der Waals surface area (Å²) in [5, 5.41) is 17.5. The zero-order valence-corrected chi connectivity index (χ0v) is 21.5. The molecule has 154 valence electrons. The van der Waals surface area contributed by atoms with Crippen molar-refractivity contribution in [2.75, 3.05) is 12.5 Å². The molecule has 2 heterocycles. The van der Waals surface area contributed by atoms with Crippen LogP contribution in [0.1, 0.15) is 11.1 Å². The van der Waals surface area contributed by atoms with Gasteiger partial charge in [-0.3, -0.25) is 0 Å². The van der Waals surface area contributed by atoms with E-state index in [4.69, 9.17) is 33.7 Å². The van der Waals surface area contributed by atoms with Crippen molar-refractivity contribution in [3.8, 4) is 12.4 Å². The molecule has 2 aromatic heterocycles. The van der Waals surface area contributed by atoms with Gasteiger partial charge in [-0.05, 0) is 61.4 Å². The van der Waals surface area contributed by atoms with Gasteiger partial charge in [0, 0.05) is 24.4 Å². The summed E-state index contributed by atoms with van der Waals surface area (Å²) in [4.78, 5) is 7.88. The smallest absolute Gasteiger partial charge is 0.214 e. The van der Waals surface area contributed by atoms with E-state index in [0.29, 0.717) is 14.8 Å². The molecule has 0 aliphatic carbocycles. The molecular weight excluding hydrogens is 587 g/mol. The number of pyridine rings is 2. The predicted octanol–water partition coefficient (Wildman–Crippen LogP) is 5.49. The maximum absolute atomic E-state index is 11.7. The summed E-state index contributed by atoms with van der Waals surface area (Å²) >= 11 is 18.0. The van der Waals surface area contributed by atoms with Crippen LogP contribution >= 0.6 is 55.1 Å². The summed E-state index contributed by atoms with van der Waals surface area (Å²) in [5.41, 5.74) is 1.74. The minimum Gasteiger partial charge on any atom is -0.249 e. The second-order valence-corrected chi connectivity index (χ2v) is 12.0. The Morgan fingerprint density at radius 3 is 2.10 bits per heavy atom. The monoisotopic (exact) mass is 598 g/mol. The highest BCUT2D eigenvalue weighted by molar-refractivity contribution is 9.10. The highest BCUT2D eigenvalue weighted by Crippen LogP contribution is 2.22. The van der Waals surface area contributed by atoms with Crippen molar-refractivity contribution >= 4 is 75.5 Å². The van der Waals surface area contributed by atoms with E-state index in [0.717, 1.165) is 21.4 Å². The molecule has 0 amide bonds. The summed E-state index contributed by atoms with van der Waals surface area (Å²) in [5.74, 6) is 0.902. The third kappa shape index (κ3) is 9.98. The number of nitrogens with zero attached hydrogens (tertiary/aromatic N) is 6. The summed E-state index contributed by atoms with van der Waals surface area (Å²) in [6, 6.07) is 3.61. The Morgan fingerprint density at radius 1 is 1.10 bits per heavy atom. The van der Waals surface area contributed by atoms with Crippen molar-refractivity contribution in [1.82, 2.24) is 9.97 Å². The van der Waals surface area contributed by atoms with E-state index in [2.05, 4.69) is 50.6 Å². The second-order valence-electron chi connectivity index (χ2n) is 5.46. The van der Waals surface area contributed by atoms with Gasteiger partial charge >= 0.3 is 0 Å². The van der Waals surface area contributed by atoms with Crippen molar-refractivity contribution in [2.24, 2.45) is 8.73 Å². The van der Waals surface area contributed by atoms with E-state index in [1.54, 1.807) is 24.6 Å². The van der Waals surface area contributed by atoms with Crippen LogP contribution in [0, 0.1) is 22.9 Å². The first kappa shape index (κ1) is 26.0. The normalized spacial score (nSPS) is 13.2. The van der Waals surface area contributed by atoms with Gasteiger partial charge in [0.05, 0.1) is 24.4 Å². The van der Waals surface area contributed by atoms with Crippen LogP contribution in [0.3, 0.4) is 0 Å². The average Bonchev–Trinajstić information content (AvgIpc) is 2.62. The molecule has 2 atom stereocenters. The minimum atomic E-state index is -2.50. The SMILES string of the molecule is CS(=O)(Cc1cnc(Cl)c(Br)c1)=NC#N.CS(Cc1cnc(Cl)c(Br)c1)=NC#N. The molecule has 0 saturated heterocycles. The topological polar surface area (TPSA) is 115 Å². The quantitative estimate of drug-likeness (QED) is 0.340. The molecule has 0 aliphatic heterocycles. The molecule has 0 fully saturated rings. The Hall–Kier alpha value is -1.08. The number of hydrogen-bond acceptors (Lipinski definition) is 7. The Kier molecular flexibility index (Phi) is 11.3. The number of rotatable bonds is 4. The van der Waals surface area contributed by atoms with Crippen LogP contribution in [0.25, 0.3) is 0 Å². The zero-order chi connectivity index (χ0) is 22.0. The van der Waals surface area contributed by atoms with Crippen molar-refractivity contribution < 1.29 is 4.21 Å². The molecule has 29 heavy (non-hydrogen) atoms. The fraction of sp³-hybridized carbons (Fsp3) is 0.250. The van der Waals surface area contributed by atoms with E-state index in [9.17, 15) is 4.21 Å². The first-order valence-corrected chi connectivity index (χ1v) is 13.7. The maximum Gasteiger partial charge on any atom is 0.214 e. The van der Waals surface area contributed by atoms with Gasteiger partial charge in [0.2, 0.25) is 12.4 Å². The van der Waals surface area contributed by atoms with Gasteiger partial charge in [-0.15, -0.1) is 4.36 Å². The van der Waals surface area contributed by atoms with Crippen LogP contribution < -0.4 is 0 Å². The molecule has 0 radical (unpaired) electrons. The molecule has 2 aromatic rings. The molecule has 2 unspecified atom stereocenters. The van der Waals surface area contributed by atoms with Crippen LogP contribution in [-0.4, -0.2) is 26.7 Å². The highest BCUT2D eigenvalue weighted by atomic mass is 79.9. The fourth-order valence-corrected chi connectivity index (χ4v) is 4.71. The van der Waals surface area contributed by atoms with Crippen LogP contribution in [-0.2, 0) is 31.9 Å². The minimum absolute atomic E-state index is 0.184. The average molecular weight is 601 g/mol. The van der Waals surface area contributed by atoms with Crippen molar-refractivity contribution in [3.63, 3.8) is 0 Å². The third-order valence-corrected chi connectivity index (χ3v) is 7.70. The fourth-order valence-electron chi connectivity index (χ4n) is 1.85. The van der Waals surface area contributed by atoms with E-state index >= 15 is 0 Å². The lowest BCUT2D eigenvalue weighted by atomic mass is 10.3. The molecule has 0 saturated carbocycles. The molecule has 0 bridgehead atoms. The molecule has 0 aliphatic rings. The largest absolute Gasteiger partial charge is 0.249 e. The summed E-state index contributed by atoms with van der Waals surface area (Å²) in [6.45, 7) is 0. The maximum atomic E-state index is 11.7. The van der Waals surface area contributed by atoms with Gasteiger partial charge in [-0.1, -0.05) is 33.9 Å². The summed E-state index contributed by atoms with van der Waals surface area (Å²) in [6.07, 6.45) is 9.89. The first-order chi connectivity index (χ1) is 13.6. The predicted molar refractivity (Wildman–Crippen MR) is 125 cm³/mol. The number of nitriles is 2. The van der Waals surface area contributed by atoms with Gasteiger partial charge in [-0.2, -0.15) is 14.9 Å². The Labute approximate surface area is 199 Å². The lowest BCUT2D eigenvalue weighted by Gasteiger charge is -2.03. The first-order valence-electron chi connectivity index (χ1n) is 7.48. The van der Waals surface area contributed by atoms with Gasteiger partial charge in [0.25, 0.3) is 0 Å². The highest BCUT2D eigenvalue weighted by Gasteiger charge is 2.06. The molecule has 13 heteroatoms.